The zero-order valence-electron chi connectivity index (χ0n) is 12.0. The number of ether oxygens (including phenoxy) is 2. The number of nitriles is 1. The van der Waals surface area contributed by atoms with E-state index in [1.54, 1.807) is 19.2 Å². The van der Waals surface area contributed by atoms with Crippen LogP contribution in [0.5, 0.6) is 5.75 Å². The number of nitrogens with two attached hydrogens (primary N) is 1. The summed E-state index contributed by atoms with van der Waals surface area (Å²) in [5, 5.41) is 8.79. The lowest BCUT2D eigenvalue weighted by Gasteiger charge is -2.14. The highest BCUT2D eigenvalue weighted by molar-refractivity contribution is 5.34. The fourth-order valence-electron chi connectivity index (χ4n) is 2.05. The van der Waals surface area contributed by atoms with Crippen molar-refractivity contribution in [2.75, 3.05) is 13.9 Å². The Kier molecular flexibility index (Phi) is 5.33. The average molecular weight is 282 g/mol. The van der Waals surface area contributed by atoms with Crippen LogP contribution in [0, 0.1) is 11.3 Å². The van der Waals surface area contributed by atoms with Crippen LogP contribution in [-0.4, -0.2) is 13.9 Å². The first-order valence-electron chi connectivity index (χ1n) is 6.69. The third-order valence-corrected chi connectivity index (χ3v) is 3.17. The summed E-state index contributed by atoms with van der Waals surface area (Å²) in [5.41, 5.74) is 9.01. The molecule has 0 amide bonds. The molecule has 2 aromatic carbocycles. The fourth-order valence-corrected chi connectivity index (χ4v) is 2.05. The second-order valence-corrected chi connectivity index (χ2v) is 4.74. The Labute approximate surface area is 124 Å². The Morgan fingerprint density at radius 2 is 1.95 bits per heavy atom. The molecule has 1 atom stereocenters. The third kappa shape index (κ3) is 4.32. The lowest BCUT2D eigenvalue weighted by molar-refractivity contribution is 0.0510. The van der Waals surface area contributed by atoms with Crippen molar-refractivity contribution in [1.82, 2.24) is 0 Å². The molecule has 0 bridgehead atoms. The van der Waals surface area contributed by atoms with Crippen LogP contribution < -0.4 is 10.5 Å². The van der Waals surface area contributed by atoms with Crippen molar-refractivity contribution in [3.05, 3.63) is 65.2 Å². The molecule has 0 aliphatic carbocycles. The first-order valence-corrected chi connectivity index (χ1v) is 6.69. The maximum absolute atomic E-state index is 8.79. The number of hydrogen-bond donors (Lipinski definition) is 1. The summed E-state index contributed by atoms with van der Waals surface area (Å²) < 4.78 is 10.3. The van der Waals surface area contributed by atoms with Gasteiger partial charge in [-0.1, -0.05) is 24.3 Å². The van der Waals surface area contributed by atoms with Gasteiger partial charge in [0, 0.05) is 13.2 Å². The van der Waals surface area contributed by atoms with Gasteiger partial charge in [0.05, 0.1) is 11.6 Å². The molecule has 4 heteroatoms. The molecule has 0 aromatic heterocycles. The second kappa shape index (κ2) is 7.44. The van der Waals surface area contributed by atoms with Gasteiger partial charge in [-0.15, -0.1) is 0 Å². The van der Waals surface area contributed by atoms with Crippen LogP contribution >= 0.6 is 0 Å². The normalized spacial score (nSPS) is 11.7. The highest BCUT2D eigenvalue weighted by Crippen LogP contribution is 2.21. The number of benzene rings is 2. The number of hydrogen-bond acceptors (Lipinski definition) is 4. The summed E-state index contributed by atoms with van der Waals surface area (Å²) in [5.74, 6) is 0.740. The van der Waals surface area contributed by atoms with E-state index in [1.165, 1.54) is 0 Å². The van der Waals surface area contributed by atoms with Gasteiger partial charge in [0.15, 0.2) is 6.79 Å². The van der Waals surface area contributed by atoms with Crippen molar-refractivity contribution in [2.24, 2.45) is 5.73 Å². The molecule has 1 unspecified atom stereocenters. The number of nitrogens with zero attached hydrogens (tertiary/aromatic N) is 1. The minimum atomic E-state index is -0.121. The molecule has 0 radical (unpaired) electrons. The summed E-state index contributed by atoms with van der Waals surface area (Å²) in [6.45, 7) is 0.217. The third-order valence-electron chi connectivity index (χ3n) is 3.17. The van der Waals surface area contributed by atoms with Gasteiger partial charge in [-0.3, -0.25) is 0 Å². The molecule has 0 fully saturated rings. The highest BCUT2D eigenvalue weighted by atomic mass is 16.7. The van der Waals surface area contributed by atoms with Crippen LogP contribution in [0.15, 0.2) is 48.5 Å². The second-order valence-electron chi connectivity index (χ2n) is 4.74. The fraction of sp³-hybridized carbons (Fsp3) is 0.235. The van der Waals surface area contributed by atoms with Crippen molar-refractivity contribution in [3.8, 4) is 11.8 Å². The van der Waals surface area contributed by atoms with Gasteiger partial charge in [0.25, 0.3) is 0 Å². The van der Waals surface area contributed by atoms with E-state index >= 15 is 0 Å². The molecule has 2 rings (SSSR count). The van der Waals surface area contributed by atoms with Crippen molar-refractivity contribution >= 4 is 0 Å². The van der Waals surface area contributed by atoms with E-state index in [4.69, 9.17) is 20.5 Å². The summed E-state index contributed by atoms with van der Waals surface area (Å²) in [4.78, 5) is 0. The van der Waals surface area contributed by atoms with E-state index < -0.39 is 0 Å². The quantitative estimate of drug-likeness (QED) is 0.827. The molecule has 21 heavy (non-hydrogen) atoms. The maximum Gasteiger partial charge on any atom is 0.188 e. The zero-order chi connectivity index (χ0) is 15.1. The summed E-state index contributed by atoms with van der Waals surface area (Å²) in [6.07, 6.45) is 0.708. The minimum Gasteiger partial charge on any atom is -0.468 e. The van der Waals surface area contributed by atoms with Crippen molar-refractivity contribution < 1.29 is 9.47 Å². The minimum absolute atomic E-state index is 0.121. The molecule has 0 aliphatic heterocycles. The Morgan fingerprint density at radius 1 is 1.19 bits per heavy atom. The van der Waals surface area contributed by atoms with Gasteiger partial charge in [0.2, 0.25) is 0 Å². The predicted octanol–water partition coefficient (Wildman–Crippen LogP) is 2.78. The number of methoxy groups -OCH3 is 1. The first kappa shape index (κ1) is 15.0. The molecule has 0 spiro atoms. The molecule has 0 saturated carbocycles. The van der Waals surface area contributed by atoms with Crippen molar-refractivity contribution in [2.45, 2.75) is 12.5 Å². The maximum atomic E-state index is 8.79. The van der Waals surface area contributed by atoms with Crippen molar-refractivity contribution in [3.63, 3.8) is 0 Å². The summed E-state index contributed by atoms with van der Waals surface area (Å²) in [7, 11) is 1.58. The molecule has 4 nitrogen and oxygen atoms in total. The van der Waals surface area contributed by atoms with Gasteiger partial charge < -0.3 is 15.2 Å². The van der Waals surface area contributed by atoms with Crippen LogP contribution in [0.4, 0.5) is 0 Å². The zero-order valence-corrected chi connectivity index (χ0v) is 12.0. The Morgan fingerprint density at radius 3 is 2.62 bits per heavy atom. The van der Waals surface area contributed by atoms with Crippen molar-refractivity contribution in [1.29, 1.82) is 5.26 Å². The monoisotopic (exact) mass is 282 g/mol. The molecule has 0 saturated heterocycles. The molecular weight excluding hydrogens is 264 g/mol. The Balaban J connectivity index is 2.05. The standard InChI is InChI=1S/C17H18N2O2/c1-20-12-21-16-4-2-3-15(10-16)17(19)9-13-5-7-14(11-18)8-6-13/h2-8,10,17H,9,12,19H2,1H3. The van der Waals surface area contributed by atoms with E-state index in [-0.39, 0.29) is 12.8 Å². The Bertz CT molecular complexity index is 617. The highest BCUT2D eigenvalue weighted by Gasteiger charge is 2.08. The van der Waals surface area contributed by atoms with Gasteiger partial charge in [-0.25, -0.2) is 0 Å². The van der Waals surface area contributed by atoms with E-state index in [9.17, 15) is 0 Å². The molecular formula is C17H18N2O2. The van der Waals surface area contributed by atoms with Crippen LogP contribution in [0.25, 0.3) is 0 Å². The SMILES string of the molecule is COCOc1cccc(C(N)Cc2ccc(C#N)cc2)c1. The van der Waals surface area contributed by atoms with E-state index in [1.807, 2.05) is 36.4 Å². The smallest absolute Gasteiger partial charge is 0.188 e. The topological polar surface area (TPSA) is 68.3 Å². The van der Waals surface area contributed by atoms with E-state index in [2.05, 4.69) is 6.07 Å². The summed E-state index contributed by atoms with van der Waals surface area (Å²) >= 11 is 0. The molecule has 2 N–H and O–H groups in total. The predicted molar refractivity (Wildman–Crippen MR) is 80.7 cm³/mol. The molecule has 0 heterocycles. The van der Waals surface area contributed by atoms with Crippen LogP contribution in [0.2, 0.25) is 0 Å². The first-order chi connectivity index (χ1) is 10.2. The molecule has 0 aliphatic rings. The Hall–Kier alpha value is -2.35. The van der Waals surface area contributed by atoms with E-state index in [0.717, 1.165) is 16.9 Å². The van der Waals surface area contributed by atoms with Crippen LogP contribution in [-0.2, 0) is 11.2 Å². The van der Waals surface area contributed by atoms with Crippen LogP contribution in [0.3, 0.4) is 0 Å². The average Bonchev–Trinajstić information content (AvgIpc) is 2.54. The lowest BCUT2D eigenvalue weighted by atomic mass is 9.99. The van der Waals surface area contributed by atoms with Gasteiger partial charge in [-0.2, -0.15) is 5.26 Å². The lowest BCUT2D eigenvalue weighted by Crippen LogP contribution is -2.13. The summed E-state index contributed by atoms with van der Waals surface area (Å²) in [6, 6.07) is 17.2. The van der Waals surface area contributed by atoms with Gasteiger partial charge >= 0.3 is 0 Å². The largest absolute Gasteiger partial charge is 0.468 e. The molecule has 2 aromatic rings. The van der Waals surface area contributed by atoms with Crippen LogP contribution in [0.1, 0.15) is 22.7 Å². The van der Waals surface area contributed by atoms with Gasteiger partial charge in [-0.05, 0) is 41.8 Å². The van der Waals surface area contributed by atoms with E-state index in [0.29, 0.717) is 12.0 Å². The molecule has 108 valence electrons. The van der Waals surface area contributed by atoms with Gasteiger partial charge in [0.1, 0.15) is 5.75 Å². The number of rotatable bonds is 6.